The summed E-state index contributed by atoms with van der Waals surface area (Å²) in [4.78, 5) is 19.9. The zero-order valence-electron chi connectivity index (χ0n) is 12.0. The summed E-state index contributed by atoms with van der Waals surface area (Å²) in [6.45, 7) is 0. The van der Waals surface area contributed by atoms with Crippen molar-refractivity contribution < 1.29 is 4.79 Å². The highest BCUT2D eigenvalue weighted by Gasteiger charge is 2.08. The molecule has 0 radical (unpaired) electrons. The standard InChI is InChI=1S/C14H14N6OS.ClH/c15-6-5-9-1-3-10(4-2-9)18-12(21)7-11-8-22-14(19-11)20-13(16)17;/h1-4,8H,5,7H2,(H,18,21)(H4,16,17,19,20);1H. The SMILES string of the molecule is Cl.N#CCc1ccc(NC(=O)Cc2csc(N=C(N)N)n2)cc1. The Kier molecular flexibility index (Phi) is 6.99. The van der Waals surface area contributed by atoms with E-state index in [4.69, 9.17) is 16.7 Å². The van der Waals surface area contributed by atoms with Gasteiger partial charge in [-0.25, -0.2) is 4.98 Å². The Morgan fingerprint density at radius 2 is 2.04 bits per heavy atom. The van der Waals surface area contributed by atoms with Crippen LogP contribution in [0.1, 0.15) is 11.3 Å². The van der Waals surface area contributed by atoms with E-state index in [1.807, 2.05) is 0 Å². The first kappa shape index (κ1) is 18.4. The summed E-state index contributed by atoms with van der Waals surface area (Å²) in [7, 11) is 0. The second-order valence-electron chi connectivity index (χ2n) is 4.41. The summed E-state index contributed by atoms with van der Waals surface area (Å²) >= 11 is 1.26. The van der Waals surface area contributed by atoms with Gasteiger partial charge in [-0.15, -0.1) is 23.7 Å². The van der Waals surface area contributed by atoms with Crippen molar-refractivity contribution in [2.24, 2.45) is 16.5 Å². The second kappa shape index (κ2) is 8.73. The third kappa shape index (κ3) is 5.94. The largest absolute Gasteiger partial charge is 0.370 e. The van der Waals surface area contributed by atoms with Gasteiger partial charge in [0.05, 0.1) is 24.6 Å². The molecule has 0 saturated carbocycles. The molecule has 0 aliphatic carbocycles. The number of benzene rings is 1. The molecule has 0 aliphatic heterocycles. The van der Waals surface area contributed by atoms with E-state index in [0.717, 1.165) is 5.56 Å². The molecule has 1 heterocycles. The molecule has 0 aliphatic rings. The minimum absolute atomic E-state index is 0. The molecule has 0 spiro atoms. The number of nitrogens with zero attached hydrogens (tertiary/aromatic N) is 3. The number of thiazole rings is 1. The molecule has 2 aromatic rings. The number of aromatic nitrogens is 1. The van der Waals surface area contributed by atoms with Gasteiger partial charge < -0.3 is 16.8 Å². The van der Waals surface area contributed by atoms with E-state index in [0.29, 0.717) is 22.9 Å². The fraction of sp³-hybridized carbons (Fsp3) is 0.143. The quantitative estimate of drug-likeness (QED) is 0.558. The minimum Gasteiger partial charge on any atom is -0.370 e. The maximum Gasteiger partial charge on any atom is 0.230 e. The number of amides is 1. The van der Waals surface area contributed by atoms with Gasteiger partial charge in [0.1, 0.15) is 0 Å². The number of halogens is 1. The van der Waals surface area contributed by atoms with E-state index in [-0.39, 0.29) is 30.7 Å². The Morgan fingerprint density at radius 3 is 2.65 bits per heavy atom. The van der Waals surface area contributed by atoms with Gasteiger partial charge in [-0.1, -0.05) is 12.1 Å². The summed E-state index contributed by atoms with van der Waals surface area (Å²) in [6, 6.07) is 9.20. The van der Waals surface area contributed by atoms with Crippen LogP contribution in [-0.2, 0) is 17.6 Å². The third-order valence-electron chi connectivity index (χ3n) is 2.63. The lowest BCUT2D eigenvalue weighted by molar-refractivity contribution is -0.115. The normalized spacial score (nSPS) is 9.35. The second-order valence-corrected chi connectivity index (χ2v) is 5.25. The van der Waals surface area contributed by atoms with Crippen LogP contribution >= 0.6 is 23.7 Å². The zero-order chi connectivity index (χ0) is 15.9. The molecule has 0 saturated heterocycles. The highest BCUT2D eigenvalue weighted by Crippen LogP contribution is 2.19. The minimum atomic E-state index is -0.186. The molecule has 1 amide bonds. The van der Waals surface area contributed by atoms with E-state index in [1.165, 1.54) is 11.3 Å². The van der Waals surface area contributed by atoms with Crippen molar-refractivity contribution in [3.63, 3.8) is 0 Å². The average Bonchev–Trinajstić information content (AvgIpc) is 2.87. The third-order valence-corrected chi connectivity index (χ3v) is 3.41. The maximum absolute atomic E-state index is 11.9. The Bertz CT molecular complexity index is 730. The average molecular weight is 351 g/mol. The van der Waals surface area contributed by atoms with Crippen molar-refractivity contribution in [3.05, 3.63) is 40.9 Å². The van der Waals surface area contributed by atoms with Gasteiger partial charge in [-0.3, -0.25) is 4.79 Å². The summed E-state index contributed by atoms with van der Waals surface area (Å²) in [5.41, 5.74) is 12.7. The van der Waals surface area contributed by atoms with Crippen LogP contribution in [-0.4, -0.2) is 16.9 Å². The first-order valence-corrected chi connectivity index (χ1v) is 7.24. The smallest absolute Gasteiger partial charge is 0.230 e. The zero-order valence-corrected chi connectivity index (χ0v) is 13.7. The van der Waals surface area contributed by atoms with E-state index in [1.54, 1.807) is 29.6 Å². The van der Waals surface area contributed by atoms with E-state index in [2.05, 4.69) is 21.4 Å². The van der Waals surface area contributed by atoms with Gasteiger partial charge in [0.2, 0.25) is 11.0 Å². The fourth-order valence-electron chi connectivity index (χ4n) is 1.71. The number of nitriles is 1. The molecule has 7 nitrogen and oxygen atoms in total. The molecule has 120 valence electrons. The fourth-order valence-corrected chi connectivity index (χ4v) is 2.41. The van der Waals surface area contributed by atoms with Crippen LogP contribution in [0.5, 0.6) is 0 Å². The number of aliphatic imine (C=N–C) groups is 1. The monoisotopic (exact) mass is 350 g/mol. The lowest BCUT2D eigenvalue weighted by atomic mass is 10.1. The molecule has 0 atom stereocenters. The molecule has 23 heavy (non-hydrogen) atoms. The molecule has 0 bridgehead atoms. The number of anilines is 1. The van der Waals surface area contributed by atoms with Crippen LogP contribution < -0.4 is 16.8 Å². The maximum atomic E-state index is 11.9. The number of nitrogens with two attached hydrogens (primary N) is 2. The molecule has 1 aromatic carbocycles. The van der Waals surface area contributed by atoms with Crippen molar-refractivity contribution in [3.8, 4) is 6.07 Å². The van der Waals surface area contributed by atoms with Gasteiger partial charge in [0.15, 0.2) is 5.96 Å². The van der Waals surface area contributed by atoms with Crippen LogP contribution in [0.3, 0.4) is 0 Å². The molecule has 5 N–H and O–H groups in total. The topological polar surface area (TPSA) is 130 Å². The van der Waals surface area contributed by atoms with Crippen molar-refractivity contribution in [1.82, 2.24) is 4.98 Å². The Morgan fingerprint density at radius 1 is 1.35 bits per heavy atom. The molecule has 0 fully saturated rings. The van der Waals surface area contributed by atoms with Crippen molar-refractivity contribution in [2.75, 3.05) is 5.32 Å². The predicted octanol–water partition coefficient (Wildman–Crippen LogP) is 1.72. The highest BCUT2D eigenvalue weighted by atomic mass is 35.5. The van der Waals surface area contributed by atoms with Crippen LogP contribution in [0.2, 0.25) is 0 Å². The summed E-state index contributed by atoms with van der Waals surface area (Å²) in [5, 5.41) is 13.5. The Hall–Kier alpha value is -2.63. The lowest BCUT2D eigenvalue weighted by Crippen LogP contribution is -2.21. The predicted molar refractivity (Wildman–Crippen MR) is 92.9 cm³/mol. The van der Waals surface area contributed by atoms with Gasteiger partial charge in [-0.2, -0.15) is 10.3 Å². The number of hydrogen-bond donors (Lipinski definition) is 3. The molecule has 9 heteroatoms. The number of rotatable bonds is 5. The van der Waals surface area contributed by atoms with Gasteiger partial charge in [-0.05, 0) is 17.7 Å². The molecular weight excluding hydrogens is 336 g/mol. The van der Waals surface area contributed by atoms with Crippen LogP contribution in [0, 0.1) is 11.3 Å². The molecular formula is C14H15ClN6OS. The number of carbonyl (C=O) groups is 1. The van der Waals surface area contributed by atoms with Crippen molar-refractivity contribution in [2.45, 2.75) is 12.8 Å². The summed E-state index contributed by atoms with van der Waals surface area (Å²) in [5.74, 6) is -0.252. The number of carbonyl (C=O) groups excluding carboxylic acids is 1. The lowest BCUT2D eigenvalue weighted by Gasteiger charge is -2.04. The Labute approximate surface area is 143 Å². The van der Waals surface area contributed by atoms with Crippen LogP contribution in [0.4, 0.5) is 10.8 Å². The molecule has 0 unspecified atom stereocenters. The van der Waals surface area contributed by atoms with Gasteiger partial charge >= 0.3 is 0 Å². The number of nitrogens with one attached hydrogen (secondary N) is 1. The van der Waals surface area contributed by atoms with Crippen molar-refractivity contribution in [1.29, 1.82) is 5.26 Å². The first-order valence-electron chi connectivity index (χ1n) is 6.36. The van der Waals surface area contributed by atoms with E-state index >= 15 is 0 Å². The number of guanidine groups is 1. The summed E-state index contributed by atoms with van der Waals surface area (Å²) < 4.78 is 0. The van der Waals surface area contributed by atoms with Gasteiger partial charge in [0, 0.05) is 11.1 Å². The van der Waals surface area contributed by atoms with E-state index in [9.17, 15) is 4.79 Å². The highest BCUT2D eigenvalue weighted by molar-refractivity contribution is 7.13. The molecule has 2 rings (SSSR count). The van der Waals surface area contributed by atoms with Gasteiger partial charge in [0.25, 0.3) is 0 Å². The summed E-state index contributed by atoms with van der Waals surface area (Å²) in [6.07, 6.45) is 0.483. The molecule has 1 aromatic heterocycles. The Balaban J connectivity index is 0.00000264. The van der Waals surface area contributed by atoms with Crippen LogP contribution in [0.15, 0.2) is 34.6 Å². The number of hydrogen-bond acceptors (Lipinski definition) is 5. The van der Waals surface area contributed by atoms with Crippen molar-refractivity contribution >= 4 is 46.4 Å². The first-order chi connectivity index (χ1) is 10.6. The van der Waals surface area contributed by atoms with E-state index < -0.39 is 0 Å². The van der Waals surface area contributed by atoms with Crippen LogP contribution in [0.25, 0.3) is 0 Å².